The molecule has 0 bridgehead atoms. The Morgan fingerprint density at radius 2 is 1.84 bits per heavy atom. The summed E-state index contributed by atoms with van der Waals surface area (Å²) in [5.74, 6) is 0. The van der Waals surface area contributed by atoms with Crippen molar-refractivity contribution in [2.45, 2.75) is 69.9 Å². The monoisotopic (exact) mass is 280 g/mol. The first kappa shape index (κ1) is 13.4. The highest BCUT2D eigenvalue weighted by molar-refractivity contribution is 7.15. The van der Waals surface area contributed by atoms with Crippen LogP contribution in [-0.4, -0.2) is 23.2 Å². The maximum atomic E-state index is 10.1. The number of hydrogen-bond donors (Lipinski definition) is 1. The number of aromatic nitrogens is 1. The second-order valence-electron chi connectivity index (χ2n) is 5.97. The van der Waals surface area contributed by atoms with Crippen molar-refractivity contribution in [3.8, 4) is 0 Å². The molecule has 0 aliphatic heterocycles. The average molecular weight is 280 g/mol. The van der Waals surface area contributed by atoms with Gasteiger partial charge in [-0.15, -0.1) is 0 Å². The second kappa shape index (κ2) is 5.80. The number of anilines is 1. The number of hydrogen-bond acceptors (Lipinski definition) is 4. The maximum absolute atomic E-state index is 10.1. The van der Waals surface area contributed by atoms with E-state index in [4.69, 9.17) is 4.98 Å². The molecule has 1 N–H and O–H groups in total. The van der Waals surface area contributed by atoms with Gasteiger partial charge in [0.1, 0.15) is 0 Å². The highest BCUT2D eigenvalue weighted by Gasteiger charge is 2.26. The highest BCUT2D eigenvalue weighted by Crippen LogP contribution is 2.38. The molecule has 1 unspecified atom stereocenters. The summed E-state index contributed by atoms with van der Waals surface area (Å²) in [5, 5.41) is 11.2. The summed E-state index contributed by atoms with van der Waals surface area (Å²) in [5.41, 5.74) is 1.15. The van der Waals surface area contributed by atoms with Crippen molar-refractivity contribution in [3.05, 3.63) is 10.6 Å². The number of nitrogens with zero attached hydrogens (tertiary/aromatic N) is 2. The average Bonchev–Trinajstić information content (AvgIpc) is 2.67. The Morgan fingerprint density at radius 3 is 2.53 bits per heavy atom. The van der Waals surface area contributed by atoms with E-state index in [0.29, 0.717) is 6.04 Å². The fourth-order valence-electron chi connectivity index (χ4n) is 3.34. The van der Waals surface area contributed by atoms with Gasteiger partial charge in [-0.1, -0.05) is 37.0 Å². The van der Waals surface area contributed by atoms with Gasteiger partial charge in [0.15, 0.2) is 5.13 Å². The topological polar surface area (TPSA) is 36.4 Å². The van der Waals surface area contributed by atoms with Crippen LogP contribution in [0.1, 0.15) is 68.0 Å². The third kappa shape index (κ3) is 2.79. The molecule has 0 spiro atoms. The lowest BCUT2D eigenvalue weighted by Crippen LogP contribution is -2.30. The van der Waals surface area contributed by atoms with Gasteiger partial charge in [-0.05, 0) is 32.1 Å². The molecule has 1 fully saturated rings. The number of aryl methyl sites for hydroxylation is 1. The van der Waals surface area contributed by atoms with Gasteiger partial charge < -0.3 is 10.0 Å². The molecule has 0 radical (unpaired) electrons. The molecule has 0 aromatic carbocycles. The predicted molar refractivity (Wildman–Crippen MR) is 79.9 cm³/mol. The van der Waals surface area contributed by atoms with Crippen molar-refractivity contribution in [2.75, 3.05) is 11.9 Å². The number of aliphatic hydroxyl groups excluding tert-OH is 1. The Kier molecular flexibility index (Phi) is 4.08. The van der Waals surface area contributed by atoms with Crippen molar-refractivity contribution in [1.29, 1.82) is 0 Å². The van der Waals surface area contributed by atoms with Crippen LogP contribution in [-0.2, 0) is 6.42 Å². The molecule has 0 amide bonds. The van der Waals surface area contributed by atoms with E-state index < -0.39 is 0 Å². The van der Waals surface area contributed by atoms with Gasteiger partial charge in [-0.2, -0.15) is 0 Å². The van der Waals surface area contributed by atoms with E-state index in [1.165, 1.54) is 38.5 Å². The first-order valence-electron chi connectivity index (χ1n) is 7.66. The van der Waals surface area contributed by atoms with Crippen LogP contribution in [0.4, 0.5) is 5.13 Å². The zero-order chi connectivity index (χ0) is 13.2. The van der Waals surface area contributed by atoms with Gasteiger partial charge >= 0.3 is 0 Å². The first-order valence-corrected chi connectivity index (χ1v) is 8.48. The van der Waals surface area contributed by atoms with Crippen LogP contribution in [0, 0.1) is 0 Å². The normalized spacial score (nSPS) is 24.8. The molecule has 3 rings (SSSR count). The van der Waals surface area contributed by atoms with Crippen LogP contribution in [0.3, 0.4) is 0 Å². The lowest BCUT2D eigenvalue weighted by atomic mass is 10.0. The summed E-state index contributed by atoms with van der Waals surface area (Å²) in [6, 6.07) is 0.646. The van der Waals surface area contributed by atoms with Gasteiger partial charge in [0.05, 0.1) is 16.7 Å². The van der Waals surface area contributed by atoms with E-state index in [-0.39, 0.29) is 6.10 Å². The largest absolute Gasteiger partial charge is 0.388 e. The lowest BCUT2D eigenvalue weighted by Gasteiger charge is -2.26. The molecule has 1 heterocycles. The Hall–Kier alpha value is -0.610. The fraction of sp³-hybridized carbons (Fsp3) is 0.800. The van der Waals surface area contributed by atoms with Gasteiger partial charge in [0, 0.05) is 13.1 Å². The van der Waals surface area contributed by atoms with Gasteiger partial charge in [0.25, 0.3) is 0 Å². The van der Waals surface area contributed by atoms with Gasteiger partial charge in [-0.25, -0.2) is 4.98 Å². The van der Waals surface area contributed by atoms with Crippen LogP contribution in [0.5, 0.6) is 0 Å². The third-order valence-electron chi connectivity index (χ3n) is 4.58. The predicted octanol–water partition coefficient (Wildman–Crippen LogP) is 3.67. The molecule has 3 nitrogen and oxygen atoms in total. The quantitative estimate of drug-likeness (QED) is 0.840. The van der Waals surface area contributed by atoms with E-state index in [9.17, 15) is 5.11 Å². The second-order valence-corrected chi connectivity index (χ2v) is 6.98. The van der Waals surface area contributed by atoms with Gasteiger partial charge in [-0.3, -0.25) is 0 Å². The van der Waals surface area contributed by atoms with Crippen LogP contribution in [0.2, 0.25) is 0 Å². The minimum absolute atomic E-state index is 0.266. The first-order chi connectivity index (χ1) is 9.25. The van der Waals surface area contributed by atoms with Gasteiger partial charge in [0.2, 0.25) is 0 Å². The van der Waals surface area contributed by atoms with Crippen molar-refractivity contribution < 1.29 is 5.11 Å². The molecule has 1 aromatic heterocycles. The lowest BCUT2D eigenvalue weighted by molar-refractivity contribution is 0.160. The molecule has 106 valence electrons. The molecule has 19 heavy (non-hydrogen) atoms. The highest BCUT2D eigenvalue weighted by atomic mass is 32.1. The summed E-state index contributed by atoms with van der Waals surface area (Å²) >= 11 is 1.72. The van der Waals surface area contributed by atoms with Crippen molar-refractivity contribution in [2.24, 2.45) is 0 Å². The molecular formula is C15H24N2OS. The number of rotatable bonds is 2. The van der Waals surface area contributed by atoms with Crippen LogP contribution in [0.15, 0.2) is 0 Å². The summed E-state index contributed by atoms with van der Waals surface area (Å²) in [4.78, 5) is 8.29. The minimum Gasteiger partial charge on any atom is -0.388 e. The van der Waals surface area contributed by atoms with E-state index in [0.717, 1.165) is 35.0 Å². The van der Waals surface area contributed by atoms with Crippen molar-refractivity contribution in [1.82, 2.24) is 4.98 Å². The summed E-state index contributed by atoms with van der Waals surface area (Å²) in [6.45, 7) is 0. The van der Waals surface area contributed by atoms with Crippen LogP contribution < -0.4 is 4.90 Å². The SMILES string of the molecule is CN(c1nc2c(s1)C(O)CCC2)C1CCCCCC1. The third-order valence-corrected chi connectivity index (χ3v) is 5.87. The molecule has 0 saturated heterocycles. The molecule has 1 atom stereocenters. The fourth-order valence-corrected chi connectivity index (χ4v) is 4.50. The Balaban J connectivity index is 1.77. The van der Waals surface area contributed by atoms with Crippen molar-refractivity contribution in [3.63, 3.8) is 0 Å². The van der Waals surface area contributed by atoms with E-state index >= 15 is 0 Å². The Bertz CT molecular complexity index is 424. The smallest absolute Gasteiger partial charge is 0.185 e. The van der Waals surface area contributed by atoms with E-state index in [1.54, 1.807) is 11.3 Å². The number of thiazole rings is 1. The zero-order valence-electron chi connectivity index (χ0n) is 11.8. The molecular weight excluding hydrogens is 256 g/mol. The molecule has 2 aliphatic rings. The standard InChI is InChI=1S/C15H24N2OS/c1-17(11-7-4-2-3-5-8-11)15-16-12-9-6-10-13(18)14(12)19-15/h11,13,18H,2-10H2,1H3. The van der Waals surface area contributed by atoms with E-state index in [1.807, 2.05) is 0 Å². The van der Waals surface area contributed by atoms with Crippen molar-refractivity contribution >= 4 is 16.5 Å². The zero-order valence-corrected chi connectivity index (χ0v) is 12.6. The molecule has 2 aliphatic carbocycles. The molecule has 1 saturated carbocycles. The summed E-state index contributed by atoms with van der Waals surface area (Å²) < 4.78 is 0. The Morgan fingerprint density at radius 1 is 1.11 bits per heavy atom. The summed E-state index contributed by atoms with van der Waals surface area (Å²) in [6.07, 6.45) is 10.8. The van der Waals surface area contributed by atoms with E-state index in [2.05, 4.69) is 11.9 Å². The molecule has 4 heteroatoms. The molecule has 1 aromatic rings. The summed E-state index contributed by atoms with van der Waals surface area (Å²) in [7, 11) is 2.19. The maximum Gasteiger partial charge on any atom is 0.185 e. The van der Waals surface area contributed by atoms with Crippen LogP contribution in [0.25, 0.3) is 0 Å². The minimum atomic E-state index is -0.266. The Labute approximate surface area is 119 Å². The van der Waals surface area contributed by atoms with Crippen LogP contribution >= 0.6 is 11.3 Å². The number of aliphatic hydroxyl groups is 1. The number of fused-ring (bicyclic) bond motifs is 1.